The van der Waals surface area contributed by atoms with Crippen LogP contribution in [0.25, 0.3) is 10.8 Å². The highest BCUT2D eigenvalue weighted by Crippen LogP contribution is 2.40. The van der Waals surface area contributed by atoms with Crippen molar-refractivity contribution in [2.45, 2.75) is 6.42 Å². The summed E-state index contributed by atoms with van der Waals surface area (Å²) >= 11 is 0. The van der Waals surface area contributed by atoms with Gasteiger partial charge in [-0.15, -0.1) is 0 Å². The van der Waals surface area contributed by atoms with Gasteiger partial charge in [-0.2, -0.15) is 0 Å². The van der Waals surface area contributed by atoms with Crippen LogP contribution in [-0.4, -0.2) is 26.5 Å². The van der Waals surface area contributed by atoms with E-state index < -0.39 is 10.0 Å². The molecule has 0 atom stereocenters. The maximum atomic E-state index is 13.1. The van der Waals surface area contributed by atoms with Crippen LogP contribution in [0.1, 0.15) is 6.42 Å². The van der Waals surface area contributed by atoms with Crippen LogP contribution in [0.5, 0.6) is 0 Å². The Morgan fingerprint density at radius 2 is 1.44 bits per heavy atom. The SMILES string of the molecule is CS(=O)(=O)N(c1ccccc1)c1ccc(N2C(=O)CC(=O)Nc3c2ccc2ccccc32)cc1. The molecule has 1 heterocycles. The van der Waals surface area contributed by atoms with E-state index in [0.29, 0.717) is 28.4 Å². The van der Waals surface area contributed by atoms with Gasteiger partial charge in [-0.05, 0) is 47.9 Å². The van der Waals surface area contributed by atoms with E-state index >= 15 is 0 Å². The van der Waals surface area contributed by atoms with Gasteiger partial charge in [0.25, 0.3) is 0 Å². The summed E-state index contributed by atoms with van der Waals surface area (Å²) in [5, 5.41) is 4.65. The minimum atomic E-state index is -3.61. The fraction of sp³-hybridized carbons (Fsp3) is 0.0769. The van der Waals surface area contributed by atoms with Crippen LogP contribution in [0, 0.1) is 0 Å². The van der Waals surface area contributed by atoms with Crippen molar-refractivity contribution in [1.29, 1.82) is 0 Å². The number of sulfonamides is 1. The van der Waals surface area contributed by atoms with E-state index in [0.717, 1.165) is 17.0 Å². The topological polar surface area (TPSA) is 86.8 Å². The maximum absolute atomic E-state index is 13.1. The van der Waals surface area contributed by atoms with Gasteiger partial charge in [-0.1, -0.05) is 48.5 Å². The highest BCUT2D eigenvalue weighted by atomic mass is 32.2. The third kappa shape index (κ3) is 3.88. The molecule has 1 N–H and O–H groups in total. The number of para-hydroxylation sites is 1. The van der Waals surface area contributed by atoms with Crippen molar-refractivity contribution in [3.63, 3.8) is 0 Å². The molecule has 1 aliphatic rings. The number of benzene rings is 4. The summed E-state index contributed by atoms with van der Waals surface area (Å²) in [6.07, 6.45) is 0.842. The highest BCUT2D eigenvalue weighted by Gasteiger charge is 2.29. The molecule has 4 aromatic rings. The van der Waals surface area contributed by atoms with Gasteiger partial charge in [0.2, 0.25) is 21.8 Å². The molecule has 0 aliphatic carbocycles. The van der Waals surface area contributed by atoms with Crippen LogP contribution in [0.4, 0.5) is 28.4 Å². The van der Waals surface area contributed by atoms with E-state index in [2.05, 4.69) is 5.32 Å². The molecule has 0 unspecified atom stereocenters. The fourth-order valence-corrected chi connectivity index (χ4v) is 5.24. The number of rotatable bonds is 4. The average molecular weight is 472 g/mol. The molecule has 4 aromatic carbocycles. The molecule has 0 bridgehead atoms. The number of nitrogens with zero attached hydrogens (tertiary/aromatic N) is 2. The first-order valence-corrected chi connectivity index (χ1v) is 12.5. The van der Waals surface area contributed by atoms with Crippen molar-refractivity contribution in [1.82, 2.24) is 0 Å². The second-order valence-electron chi connectivity index (χ2n) is 8.01. The van der Waals surface area contributed by atoms with Crippen LogP contribution < -0.4 is 14.5 Å². The Kier molecular flexibility index (Phi) is 5.30. The van der Waals surface area contributed by atoms with Gasteiger partial charge in [-0.25, -0.2) is 12.7 Å². The molecule has 0 radical (unpaired) electrons. The van der Waals surface area contributed by atoms with Crippen LogP contribution in [-0.2, 0) is 19.6 Å². The Hall–Kier alpha value is -4.17. The van der Waals surface area contributed by atoms with Crippen LogP contribution in [0.2, 0.25) is 0 Å². The van der Waals surface area contributed by atoms with Crippen LogP contribution in [0.3, 0.4) is 0 Å². The second-order valence-corrected chi connectivity index (χ2v) is 9.85. The lowest BCUT2D eigenvalue weighted by molar-refractivity contribution is -0.124. The summed E-state index contributed by atoms with van der Waals surface area (Å²) in [5.74, 6) is -0.753. The van der Waals surface area contributed by atoms with Crippen molar-refractivity contribution in [3.05, 3.63) is 91.0 Å². The first-order chi connectivity index (χ1) is 16.3. The van der Waals surface area contributed by atoms with Crippen molar-refractivity contribution in [2.24, 2.45) is 0 Å². The fourth-order valence-electron chi connectivity index (χ4n) is 4.23. The molecule has 0 spiro atoms. The molecule has 0 saturated carbocycles. The molecule has 170 valence electrons. The Balaban J connectivity index is 1.61. The summed E-state index contributed by atoms with van der Waals surface area (Å²) in [7, 11) is -3.61. The van der Waals surface area contributed by atoms with Gasteiger partial charge in [0.15, 0.2) is 0 Å². The number of carbonyl (C=O) groups excluding carboxylic acids is 2. The normalized spacial score (nSPS) is 13.9. The van der Waals surface area contributed by atoms with E-state index in [-0.39, 0.29) is 18.2 Å². The van der Waals surface area contributed by atoms with Crippen LogP contribution in [0.15, 0.2) is 91.0 Å². The van der Waals surface area contributed by atoms with Crippen molar-refractivity contribution < 1.29 is 18.0 Å². The number of nitrogens with one attached hydrogen (secondary N) is 1. The lowest BCUT2D eigenvalue weighted by atomic mass is 10.1. The second kappa shape index (κ2) is 8.31. The van der Waals surface area contributed by atoms with Crippen LogP contribution >= 0.6 is 0 Å². The lowest BCUT2D eigenvalue weighted by Crippen LogP contribution is -2.27. The van der Waals surface area contributed by atoms with E-state index in [4.69, 9.17) is 0 Å². The highest BCUT2D eigenvalue weighted by molar-refractivity contribution is 7.92. The zero-order valence-corrected chi connectivity index (χ0v) is 19.1. The number of hydrogen-bond donors (Lipinski definition) is 1. The summed E-state index contributed by atoms with van der Waals surface area (Å²) in [4.78, 5) is 27.0. The smallest absolute Gasteiger partial charge is 0.241 e. The third-order valence-electron chi connectivity index (χ3n) is 5.64. The zero-order valence-electron chi connectivity index (χ0n) is 18.3. The van der Waals surface area contributed by atoms with E-state index in [1.54, 1.807) is 48.5 Å². The number of amides is 2. The van der Waals surface area contributed by atoms with E-state index in [1.165, 1.54) is 9.21 Å². The van der Waals surface area contributed by atoms with Crippen molar-refractivity contribution in [3.8, 4) is 0 Å². The number of anilines is 5. The Morgan fingerprint density at radius 1 is 0.794 bits per heavy atom. The first-order valence-electron chi connectivity index (χ1n) is 10.6. The molecular formula is C26H21N3O4S. The predicted octanol–water partition coefficient (Wildman–Crippen LogP) is 4.94. The van der Waals surface area contributed by atoms with Gasteiger partial charge in [0.05, 0.1) is 29.0 Å². The molecule has 2 amide bonds. The first kappa shape index (κ1) is 21.7. The lowest BCUT2D eigenvalue weighted by Gasteiger charge is -2.25. The minimum Gasteiger partial charge on any atom is -0.323 e. The van der Waals surface area contributed by atoms with Gasteiger partial charge >= 0.3 is 0 Å². The number of carbonyl (C=O) groups is 2. The number of hydrogen-bond acceptors (Lipinski definition) is 4. The largest absolute Gasteiger partial charge is 0.323 e. The Bertz CT molecular complexity index is 1520. The maximum Gasteiger partial charge on any atom is 0.241 e. The Morgan fingerprint density at radius 3 is 2.15 bits per heavy atom. The predicted molar refractivity (Wildman–Crippen MR) is 134 cm³/mol. The van der Waals surface area contributed by atoms with E-state index in [9.17, 15) is 18.0 Å². The van der Waals surface area contributed by atoms with Gasteiger partial charge in [0, 0.05) is 11.1 Å². The Labute approximate surface area is 197 Å². The summed E-state index contributed by atoms with van der Waals surface area (Å²) in [6.45, 7) is 0. The minimum absolute atomic E-state index is 0.301. The van der Waals surface area contributed by atoms with Gasteiger partial charge in [-0.3, -0.25) is 14.5 Å². The standard InChI is InChI=1S/C26H21N3O4S/c1-34(32,33)29(20-8-3-2-4-9-20)21-14-12-19(13-15-21)28-23-16-11-18-7-5-6-10-22(18)26(23)27-24(30)17-25(28)31/h2-16H,17H2,1H3,(H,27,30). The quantitative estimate of drug-likeness (QED) is 0.427. The van der Waals surface area contributed by atoms with Crippen molar-refractivity contribution in [2.75, 3.05) is 20.8 Å². The van der Waals surface area contributed by atoms with Crippen molar-refractivity contribution >= 4 is 61.0 Å². The molecular weight excluding hydrogens is 450 g/mol. The average Bonchev–Trinajstić information content (AvgIpc) is 2.94. The molecule has 34 heavy (non-hydrogen) atoms. The molecule has 1 aliphatic heterocycles. The van der Waals surface area contributed by atoms with Gasteiger partial charge < -0.3 is 5.32 Å². The molecule has 5 rings (SSSR count). The van der Waals surface area contributed by atoms with E-state index in [1.807, 2.05) is 42.5 Å². The number of fused-ring (bicyclic) bond motifs is 3. The molecule has 0 fully saturated rings. The summed E-state index contributed by atoms with van der Waals surface area (Å²) in [5.41, 5.74) is 2.61. The summed E-state index contributed by atoms with van der Waals surface area (Å²) < 4.78 is 26.4. The third-order valence-corrected chi connectivity index (χ3v) is 6.72. The molecule has 7 nitrogen and oxygen atoms in total. The monoisotopic (exact) mass is 471 g/mol. The molecule has 0 saturated heterocycles. The van der Waals surface area contributed by atoms with Gasteiger partial charge in [0.1, 0.15) is 6.42 Å². The zero-order chi connectivity index (χ0) is 23.9. The molecule has 8 heteroatoms. The molecule has 0 aromatic heterocycles. The summed E-state index contributed by atoms with van der Waals surface area (Å²) in [6, 6.07) is 26.8.